The summed E-state index contributed by atoms with van der Waals surface area (Å²) in [7, 11) is 1.80. The highest BCUT2D eigenvalue weighted by atomic mass is 35.5. The molecule has 5 heteroatoms. The van der Waals surface area contributed by atoms with E-state index in [1.165, 1.54) is 0 Å². The number of nitrogens with two attached hydrogens (primary N) is 1. The minimum atomic E-state index is -0.00357. The maximum atomic E-state index is 12.6. The Hall–Kier alpha value is -2.20. The molecule has 0 bridgehead atoms. The number of para-hydroxylation sites is 1. The molecule has 0 fully saturated rings. The number of rotatable bonds is 2. The molecule has 24 heavy (non-hydrogen) atoms. The van der Waals surface area contributed by atoms with Crippen LogP contribution in [0.5, 0.6) is 0 Å². The number of hydrogen-bond donors (Lipinski definition) is 1. The summed E-state index contributed by atoms with van der Waals surface area (Å²) in [6, 6.07) is 11.6. The zero-order valence-corrected chi connectivity index (χ0v) is 15.2. The first-order valence-corrected chi connectivity index (χ1v) is 8.30. The summed E-state index contributed by atoms with van der Waals surface area (Å²) >= 11 is 6.13. The van der Waals surface area contributed by atoms with Crippen molar-refractivity contribution in [2.45, 2.75) is 27.3 Å². The van der Waals surface area contributed by atoms with Crippen LogP contribution >= 0.6 is 11.6 Å². The lowest BCUT2D eigenvalue weighted by molar-refractivity contribution is 0.342. The number of imidazole rings is 1. The minimum absolute atomic E-state index is 0.00357. The topological polar surface area (TPSA) is 53.0 Å². The van der Waals surface area contributed by atoms with Crippen LogP contribution in [0.2, 0.25) is 5.02 Å². The van der Waals surface area contributed by atoms with Gasteiger partial charge in [-0.2, -0.15) is 0 Å². The number of nitrogens with zero attached hydrogens (tertiary/aromatic N) is 2. The van der Waals surface area contributed by atoms with Crippen molar-refractivity contribution in [2.24, 2.45) is 12.5 Å². The van der Waals surface area contributed by atoms with Crippen molar-refractivity contribution in [1.29, 1.82) is 0 Å². The van der Waals surface area contributed by atoms with Gasteiger partial charge in [0.05, 0.1) is 21.7 Å². The Labute approximate surface area is 146 Å². The highest BCUT2D eigenvalue weighted by Crippen LogP contribution is 2.33. The van der Waals surface area contributed by atoms with Crippen molar-refractivity contribution >= 4 is 28.3 Å². The third-order valence-electron chi connectivity index (χ3n) is 4.14. The van der Waals surface area contributed by atoms with Crippen LogP contribution in [0.1, 0.15) is 20.8 Å². The predicted octanol–water partition coefficient (Wildman–Crippen LogP) is 4.29. The molecule has 3 rings (SSSR count). The van der Waals surface area contributed by atoms with Gasteiger partial charge >= 0.3 is 5.69 Å². The van der Waals surface area contributed by atoms with Gasteiger partial charge in [-0.15, -0.1) is 0 Å². The van der Waals surface area contributed by atoms with Gasteiger partial charge in [0.25, 0.3) is 0 Å². The second-order valence-electron chi connectivity index (χ2n) is 7.39. The third kappa shape index (κ3) is 2.82. The van der Waals surface area contributed by atoms with Crippen LogP contribution in [0.25, 0.3) is 22.2 Å². The number of nitrogen functional groups attached to an aromatic ring is 1. The fraction of sp³-hybridized carbons (Fsp3) is 0.316. The minimum Gasteiger partial charge on any atom is -0.397 e. The molecule has 0 aliphatic carbocycles. The first kappa shape index (κ1) is 16.7. The highest BCUT2D eigenvalue weighted by Gasteiger charge is 2.18. The molecule has 0 aliphatic rings. The van der Waals surface area contributed by atoms with E-state index in [1.54, 1.807) is 17.7 Å². The molecular formula is C19H22ClN3O. The molecule has 0 aliphatic heterocycles. The van der Waals surface area contributed by atoms with Crippen LogP contribution in [0, 0.1) is 5.41 Å². The Bertz CT molecular complexity index is 977. The number of hydrogen-bond acceptors (Lipinski definition) is 2. The van der Waals surface area contributed by atoms with Gasteiger partial charge in [-0.05, 0) is 29.2 Å². The van der Waals surface area contributed by atoms with E-state index in [1.807, 2.05) is 34.9 Å². The average Bonchev–Trinajstić information content (AvgIpc) is 2.73. The van der Waals surface area contributed by atoms with Crippen molar-refractivity contribution in [3.05, 3.63) is 51.9 Å². The number of anilines is 1. The summed E-state index contributed by atoms with van der Waals surface area (Å²) in [6.45, 7) is 7.04. The number of fused-ring (bicyclic) bond motifs is 1. The fourth-order valence-electron chi connectivity index (χ4n) is 2.99. The summed E-state index contributed by atoms with van der Waals surface area (Å²) in [6.07, 6.45) is 0. The second-order valence-corrected chi connectivity index (χ2v) is 7.80. The molecule has 0 saturated carbocycles. The molecule has 0 unspecified atom stereocenters. The largest absolute Gasteiger partial charge is 0.397 e. The Balaban J connectivity index is 2.22. The van der Waals surface area contributed by atoms with Gasteiger partial charge in [0, 0.05) is 19.2 Å². The maximum Gasteiger partial charge on any atom is 0.328 e. The molecule has 0 atom stereocenters. The van der Waals surface area contributed by atoms with Crippen molar-refractivity contribution in [3.63, 3.8) is 0 Å². The normalized spacial score (nSPS) is 12.0. The van der Waals surface area contributed by atoms with Gasteiger partial charge in [-0.25, -0.2) is 4.79 Å². The van der Waals surface area contributed by atoms with Crippen LogP contribution in [0.15, 0.2) is 41.2 Å². The van der Waals surface area contributed by atoms with E-state index in [2.05, 4.69) is 20.8 Å². The van der Waals surface area contributed by atoms with Crippen molar-refractivity contribution in [1.82, 2.24) is 9.13 Å². The van der Waals surface area contributed by atoms with E-state index in [-0.39, 0.29) is 11.1 Å². The highest BCUT2D eigenvalue weighted by molar-refractivity contribution is 6.33. The molecule has 126 valence electrons. The lowest BCUT2D eigenvalue weighted by Crippen LogP contribution is -2.27. The van der Waals surface area contributed by atoms with Gasteiger partial charge in [-0.1, -0.05) is 50.6 Å². The van der Waals surface area contributed by atoms with Gasteiger partial charge in [-0.3, -0.25) is 9.13 Å². The van der Waals surface area contributed by atoms with Crippen LogP contribution in [-0.2, 0) is 13.6 Å². The van der Waals surface area contributed by atoms with Gasteiger partial charge < -0.3 is 5.73 Å². The van der Waals surface area contributed by atoms with E-state index in [0.717, 1.165) is 22.2 Å². The molecule has 0 amide bonds. The number of benzene rings is 2. The summed E-state index contributed by atoms with van der Waals surface area (Å²) in [4.78, 5) is 12.6. The van der Waals surface area contributed by atoms with Crippen LogP contribution in [0.4, 0.5) is 5.69 Å². The van der Waals surface area contributed by atoms with Gasteiger partial charge in [0.1, 0.15) is 0 Å². The van der Waals surface area contributed by atoms with E-state index in [4.69, 9.17) is 17.3 Å². The summed E-state index contributed by atoms with van der Waals surface area (Å²) in [5.74, 6) is 0. The van der Waals surface area contributed by atoms with Crippen molar-refractivity contribution < 1.29 is 0 Å². The van der Waals surface area contributed by atoms with E-state index < -0.39 is 0 Å². The first-order valence-electron chi connectivity index (χ1n) is 7.93. The Morgan fingerprint density at radius 2 is 1.83 bits per heavy atom. The first-order chi connectivity index (χ1) is 11.2. The zero-order chi connectivity index (χ0) is 17.6. The van der Waals surface area contributed by atoms with E-state index in [9.17, 15) is 4.79 Å². The zero-order valence-electron chi connectivity index (χ0n) is 14.4. The Morgan fingerprint density at radius 3 is 2.50 bits per heavy atom. The summed E-state index contributed by atoms with van der Waals surface area (Å²) in [5.41, 5.74) is 10.3. The average molecular weight is 344 g/mol. The quantitative estimate of drug-likeness (QED) is 0.706. The molecule has 0 saturated heterocycles. The molecule has 1 heterocycles. The number of halogens is 1. The van der Waals surface area contributed by atoms with Gasteiger partial charge in [0.2, 0.25) is 0 Å². The molecule has 0 radical (unpaired) electrons. The monoisotopic (exact) mass is 343 g/mol. The van der Waals surface area contributed by atoms with Crippen LogP contribution < -0.4 is 11.4 Å². The molecule has 2 aromatic carbocycles. The van der Waals surface area contributed by atoms with Gasteiger partial charge in [0.15, 0.2) is 0 Å². The molecule has 0 spiro atoms. The molecule has 1 aromatic heterocycles. The maximum absolute atomic E-state index is 12.6. The van der Waals surface area contributed by atoms with Crippen LogP contribution in [-0.4, -0.2) is 9.13 Å². The van der Waals surface area contributed by atoms with E-state index >= 15 is 0 Å². The number of aryl methyl sites for hydroxylation is 1. The molecule has 3 aromatic rings. The van der Waals surface area contributed by atoms with Crippen molar-refractivity contribution in [3.8, 4) is 11.1 Å². The molecule has 4 nitrogen and oxygen atoms in total. The third-order valence-corrected chi connectivity index (χ3v) is 4.47. The molecule has 2 N–H and O–H groups in total. The van der Waals surface area contributed by atoms with Crippen molar-refractivity contribution in [2.75, 3.05) is 5.73 Å². The fourth-order valence-corrected chi connectivity index (χ4v) is 3.17. The lowest BCUT2D eigenvalue weighted by atomic mass is 9.97. The van der Waals surface area contributed by atoms with E-state index in [0.29, 0.717) is 17.3 Å². The predicted molar refractivity (Wildman–Crippen MR) is 101 cm³/mol. The summed E-state index contributed by atoms with van der Waals surface area (Å²) < 4.78 is 3.52. The Kier molecular flexibility index (Phi) is 3.96. The number of aromatic nitrogens is 2. The molecular weight excluding hydrogens is 322 g/mol. The smallest absolute Gasteiger partial charge is 0.328 e. The SMILES string of the molecule is Cn1c(=O)n(CC(C)(C)C)c2ccc(-c3cccc(Cl)c3N)cc21. The lowest BCUT2D eigenvalue weighted by Gasteiger charge is -2.18. The standard InChI is InChI=1S/C19H22ClN3O/c1-19(2,3)11-23-15-9-8-12(10-16(15)22(4)18(23)24)13-6-5-7-14(20)17(13)21/h5-10H,11,21H2,1-4H3. The second kappa shape index (κ2) is 5.71. The van der Waals surface area contributed by atoms with Crippen LogP contribution in [0.3, 0.4) is 0 Å². The Morgan fingerprint density at radius 1 is 1.12 bits per heavy atom. The summed E-state index contributed by atoms with van der Waals surface area (Å²) in [5, 5.41) is 0.534.